The summed E-state index contributed by atoms with van der Waals surface area (Å²) >= 11 is 6.18. The first kappa shape index (κ1) is 20.7. The Morgan fingerprint density at radius 3 is 2.69 bits per heavy atom. The number of aromatic nitrogens is 5. The number of hydrogen-bond acceptors (Lipinski definition) is 7. The van der Waals surface area contributed by atoms with E-state index < -0.39 is 0 Å². The molecule has 1 aromatic carbocycles. The molecule has 0 unspecified atom stereocenters. The molecule has 1 aliphatic heterocycles. The summed E-state index contributed by atoms with van der Waals surface area (Å²) in [6, 6.07) is 9.43. The number of halogens is 2. The maximum atomic E-state index is 12.9. The maximum Gasteiger partial charge on any atom is 0.326 e. The molecule has 0 amide bonds. The highest BCUT2D eigenvalue weighted by molar-refractivity contribution is 6.32. The SMILES string of the molecule is Cc1cc(N2C[C@H]3CC[C@@H](C2)[C@@H]3Nc2nc(Oc3ccccc3Cl)n(C=CF)n2)ncn1. The summed E-state index contributed by atoms with van der Waals surface area (Å²) in [7, 11) is 0. The predicted octanol–water partition coefficient (Wildman–Crippen LogP) is 4.55. The van der Waals surface area contributed by atoms with Gasteiger partial charge in [-0.1, -0.05) is 23.7 Å². The van der Waals surface area contributed by atoms with Gasteiger partial charge in [-0.2, -0.15) is 9.67 Å². The monoisotopic (exact) mass is 455 g/mol. The van der Waals surface area contributed by atoms with E-state index in [0.717, 1.165) is 43.6 Å². The number of para-hydroxylation sites is 1. The molecule has 0 radical (unpaired) electrons. The summed E-state index contributed by atoms with van der Waals surface area (Å²) in [6.07, 6.45) is 5.41. The number of nitrogens with one attached hydrogen (secondary N) is 1. The van der Waals surface area contributed by atoms with Crippen molar-refractivity contribution in [3.63, 3.8) is 0 Å². The molecule has 1 N–H and O–H groups in total. The van der Waals surface area contributed by atoms with Crippen molar-refractivity contribution in [3.8, 4) is 11.8 Å². The van der Waals surface area contributed by atoms with E-state index in [2.05, 4.69) is 30.3 Å². The standard InChI is InChI=1S/C22H23ClFN7O/c1-14-10-19(26-13-25-14)30-11-15-6-7-16(12-30)20(15)27-21-28-22(31(29-21)9-8-24)32-18-5-3-2-4-17(18)23/h2-5,8-10,13,15-16,20H,6-7,11-12H2,1H3,(H,27,29)/t15-,16+,20-. The minimum atomic E-state index is 0.135. The molecule has 166 valence electrons. The van der Waals surface area contributed by atoms with E-state index in [1.807, 2.05) is 13.0 Å². The van der Waals surface area contributed by atoms with Crippen LogP contribution in [0.5, 0.6) is 11.8 Å². The third kappa shape index (κ3) is 4.12. The predicted molar refractivity (Wildman–Crippen MR) is 121 cm³/mol. The molecule has 0 spiro atoms. The highest BCUT2D eigenvalue weighted by Crippen LogP contribution is 2.40. The minimum absolute atomic E-state index is 0.135. The minimum Gasteiger partial charge on any atom is -0.423 e. The van der Waals surface area contributed by atoms with Gasteiger partial charge >= 0.3 is 6.01 Å². The van der Waals surface area contributed by atoms with E-state index in [0.29, 0.717) is 34.9 Å². The van der Waals surface area contributed by atoms with Crippen LogP contribution in [0.2, 0.25) is 5.02 Å². The van der Waals surface area contributed by atoms with Crippen molar-refractivity contribution < 1.29 is 9.13 Å². The number of benzene rings is 1. The second-order valence-corrected chi connectivity index (χ2v) is 8.57. The second-order valence-electron chi connectivity index (χ2n) is 8.16. The van der Waals surface area contributed by atoms with Crippen LogP contribution in [0, 0.1) is 18.8 Å². The number of nitrogens with zero attached hydrogens (tertiary/aromatic N) is 6. The molecule has 3 heterocycles. The first-order chi connectivity index (χ1) is 15.6. The molecule has 10 heteroatoms. The molecule has 1 saturated heterocycles. The molecule has 1 saturated carbocycles. The summed E-state index contributed by atoms with van der Waals surface area (Å²) < 4.78 is 20.0. The first-order valence-electron chi connectivity index (χ1n) is 10.6. The molecular formula is C22H23ClFN7O. The number of fused-ring (bicyclic) bond motifs is 2. The fourth-order valence-electron chi connectivity index (χ4n) is 4.62. The van der Waals surface area contributed by atoms with Crippen molar-refractivity contribution in [2.45, 2.75) is 25.8 Å². The van der Waals surface area contributed by atoms with Gasteiger partial charge in [0, 0.05) is 30.9 Å². The van der Waals surface area contributed by atoms with Gasteiger partial charge in [-0.05, 0) is 43.7 Å². The number of aryl methyl sites for hydroxylation is 1. The Hall–Kier alpha value is -3.20. The molecule has 2 bridgehead atoms. The van der Waals surface area contributed by atoms with Crippen LogP contribution in [0.25, 0.3) is 6.20 Å². The fourth-order valence-corrected chi connectivity index (χ4v) is 4.80. The smallest absolute Gasteiger partial charge is 0.326 e. The summed E-state index contributed by atoms with van der Waals surface area (Å²) in [5, 5.41) is 8.28. The molecule has 2 fully saturated rings. The van der Waals surface area contributed by atoms with Gasteiger partial charge in [0.2, 0.25) is 5.95 Å². The van der Waals surface area contributed by atoms with Crippen LogP contribution in [0.4, 0.5) is 16.2 Å². The summed E-state index contributed by atoms with van der Waals surface area (Å²) in [5.41, 5.74) is 0.962. The van der Waals surface area contributed by atoms with Gasteiger partial charge < -0.3 is 15.0 Å². The summed E-state index contributed by atoms with van der Waals surface area (Å²) in [4.78, 5) is 15.4. The zero-order chi connectivity index (χ0) is 22.1. The molecule has 1 aliphatic carbocycles. The zero-order valence-electron chi connectivity index (χ0n) is 17.5. The van der Waals surface area contributed by atoms with Crippen LogP contribution >= 0.6 is 11.6 Å². The number of piperidine rings is 1. The van der Waals surface area contributed by atoms with E-state index >= 15 is 0 Å². The maximum absolute atomic E-state index is 12.9. The van der Waals surface area contributed by atoms with E-state index in [4.69, 9.17) is 16.3 Å². The Kier molecular flexibility index (Phi) is 5.65. The van der Waals surface area contributed by atoms with Crippen LogP contribution in [0.3, 0.4) is 0 Å². The number of hydrogen-bond donors (Lipinski definition) is 1. The van der Waals surface area contributed by atoms with E-state index in [-0.39, 0.29) is 12.1 Å². The third-order valence-corrected chi connectivity index (χ3v) is 6.39. The Morgan fingerprint density at radius 2 is 1.97 bits per heavy atom. The molecule has 8 nitrogen and oxygen atoms in total. The molecule has 2 aliphatic rings. The van der Waals surface area contributed by atoms with Crippen LogP contribution in [-0.2, 0) is 0 Å². The molecule has 5 rings (SSSR count). The van der Waals surface area contributed by atoms with Crippen LogP contribution in [0.1, 0.15) is 18.5 Å². The molecule has 3 aromatic rings. The van der Waals surface area contributed by atoms with Gasteiger partial charge in [0.1, 0.15) is 24.2 Å². The van der Waals surface area contributed by atoms with E-state index in [1.54, 1.807) is 30.6 Å². The topological polar surface area (TPSA) is 81.0 Å². The Labute approximate surface area is 190 Å². The fraction of sp³-hybridized carbons (Fsp3) is 0.364. The summed E-state index contributed by atoms with van der Waals surface area (Å²) in [5.74, 6) is 2.66. The lowest BCUT2D eigenvalue weighted by molar-refractivity contribution is 0.374. The lowest BCUT2D eigenvalue weighted by atomic mass is 9.92. The Bertz CT molecular complexity index is 1120. The van der Waals surface area contributed by atoms with Gasteiger partial charge in [-0.15, -0.1) is 5.10 Å². The summed E-state index contributed by atoms with van der Waals surface area (Å²) in [6.45, 7) is 3.78. The molecule has 2 aromatic heterocycles. The average molecular weight is 456 g/mol. The third-order valence-electron chi connectivity index (χ3n) is 6.08. The Balaban J connectivity index is 1.33. The van der Waals surface area contributed by atoms with Crippen molar-refractivity contribution in [1.82, 2.24) is 24.7 Å². The first-order valence-corrected chi connectivity index (χ1v) is 10.9. The highest BCUT2D eigenvalue weighted by atomic mass is 35.5. The van der Waals surface area contributed by atoms with Gasteiger partial charge in [-0.25, -0.2) is 14.4 Å². The Morgan fingerprint density at radius 1 is 1.19 bits per heavy atom. The van der Waals surface area contributed by atoms with Crippen molar-refractivity contribution in [2.24, 2.45) is 11.8 Å². The van der Waals surface area contributed by atoms with Gasteiger partial charge in [-0.3, -0.25) is 0 Å². The second kappa shape index (κ2) is 8.74. The van der Waals surface area contributed by atoms with Crippen LogP contribution in [-0.4, -0.2) is 43.9 Å². The van der Waals surface area contributed by atoms with Crippen molar-refractivity contribution in [1.29, 1.82) is 0 Å². The molecule has 32 heavy (non-hydrogen) atoms. The normalized spacial score (nSPS) is 22.5. The van der Waals surface area contributed by atoms with Crippen LogP contribution in [0.15, 0.2) is 43.0 Å². The van der Waals surface area contributed by atoms with Gasteiger partial charge in [0.05, 0.1) is 11.2 Å². The zero-order valence-corrected chi connectivity index (χ0v) is 18.3. The van der Waals surface area contributed by atoms with E-state index in [9.17, 15) is 4.39 Å². The number of ether oxygens (including phenoxy) is 1. The molecular weight excluding hydrogens is 433 g/mol. The number of rotatable bonds is 6. The number of anilines is 2. The van der Waals surface area contributed by atoms with Crippen molar-refractivity contribution >= 4 is 29.6 Å². The van der Waals surface area contributed by atoms with Crippen molar-refractivity contribution in [3.05, 3.63) is 53.7 Å². The van der Waals surface area contributed by atoms with Crippen LogP contribution < -0.4 is 15.0 Å². The largest absolute Gasteiger partial charge is 0.423 e. The van der Waals surface area contributed by atoms with E-state index in [1.165, 1.54) is 4.68 Å². The van der Waals surface area contributed by atoms with Gasteiger partial charge in [0.15, 0.2) is 0 Å². The van der Waals surface area contributed by atoms with Crippen molar-refractivity contribution in [2.75, 3.05) is 23.3 Å². The quantitative estimate of drug-likeness (QED) is 0.584. The molecule has 3 atom stereocenters. The van der Waals surface area contributed by atoms with Gasteiger partial charge in [0.25, 0.3) is 0 Å². The lowest BCUT2D eigenvalue weighted by Gasteiger charge is -2.38. The lowest BCUT2D eigenvalue weighted by Crippen LogP contribution is -2.48. The average Bonchev–Trinajstić information content (AvgIpc) is 3.25. The highest BCUT2D eigenvalue weighted by Gasteiger charge is 2.43.